The molecule has 0 radical (unpaired) electrons. The Labute approximate surface area is 118 Å². The number of hydrogen-bond donors (Lipinski definition) is 4. The van der Waals surface area contributed by atoms with Crippen molar-refractivity contribution < 1.29 is 0 Å². The van der Waals surface area contributed by atoms with Crippen molar-refractivity contribution in [2.45, 2.75) is 20.8 Å². The Bertz CT molecular complexity index is 594. The predicted octanol–water partition coefficient (Wildman–Crippen LogP) is 2.72. The van der Waals surface area contributed by atoms with Gasteiger partial charge in [0.15, 0.2) is 5.82 Å². The molecule has 0 fully saturated rings. The monoisotopic (exact) mass is 272 g/mol. The van der Waals surface area contributed by atoms with Crippen molar-refractivity contribution in [2.75, 3.05) is 16.8 Å². The molecule has 0 unspecified atom stereocenters. The number of aryl methyl sites for hydroxylation is 1. The van der Waals surface area contributed by atoms with Crippen LogP contribution >= 0.6 is 0 Å². The molecule has 6 heteroatoms. The first-order chi connectivity index (χ1) is 9.60. The Morgan fingerprint density at radius 3 is 2.60 bits per heavy atom. The molecule has 1 aromatic heterocycles. The SMILES string of the molecule is CC.Cc1ccc(C=N)c(Nc2nc(N)ncc2N)c1. The molecule has 0 spiro atoms. The van der Waals surface area contributed by atoms with Gasteiger partial charge in [0.2, 0.25) is 5.95 Å². The van der Waals surface area contributed by atoms with Crippen molar-refractivity contribution in [1.29, 1.82) is 5.41 Å². The molecule has 1 heterocycles. The van der Waals surface area contributed by atoms with Gasteiger partial charge in [0.25, 0.3) is 0 Å². The van der Waals surface area contributed by atoms with E-state index < -0.39 is 0 Å². The zero-order chi connectivity index (χ0) is 15.1. The molecular formula is C14H20N6. The van der Waals surface area contributed by atoms with Crippen molar-refractivity contribution in [3.05, 3.63) is 35.5 Å². The van der Waals surface area contributed by atoms with Gasteiger partial charge in [-0.25, -0.2) is 4.98 Å². The largest absolute Gasteiger partial charge is 0.394 e. The molecule has 20 heavy (non-hydrogen) atoms. The van der Waals surface area contributed by atoms with Crippen LogP contribution in [0.1, 0.15) is 25.0 Å². The zero-order valence-corrected chi connectivity index (χ0v) is 11.9. The van der Waals surface area contributed by atoms with E-state index in [2.05, 4.69) is 15.3 Å². The van der Waals surface area contributed by atoms with Gasteiger partial charge in [0.05, 0.1) is 11.9 Å². The van der Waals surface area contributed by atoms with E-state index in [9.17, 15) is 0 Å². The summed E-state index contributed by atoms with van der Waals surface area (Å²) >= 11 is 0. The van der Waals surface area contributed by atoms with E-state index >= 15 is 0 Å². The van der Waals surface area contributed by atoms with Gasteiger partial charge in [0, 0.05) is 17.5 Å². The Balaban J connectivity index is 0.000000956. The van der Waals surface area contributed by atoms with Gasteiger partial charge in [-0.1, -0.05) is 26.0 Å². The summed E-state index contributed by atoms with van der Waals surface area (Å²) in [5, 5.41) is 10.4. The Morgan fingerprint density at radius 2 is 1.95 bits per heavy atom. The summed E-state index contributed by atoms with van der Waals surface area (Å²) < 4.78 is 0. The van der Waals surface area contributed by atoms with E-state index in [1.54, 1.807) is 0 Å². The molecule has 0 atom stereocenters. The lowest BCUT2D eigenvalue weighted by molar-refractivity contribution is 1.19. The standard InChI is InChI=1S/C12H14N6.C2H6/c1-7-2-3-8(5-13)10(4-7)17-11-9(14)6-16-12(15)18-11;1-2/h2-6,13H,14H2,1H3,(H3,15,16,17,18);1-2H3. The van der Waals surface area contributed by atoms with Crippen LogP contribution in [0.5, 0.6) is 0 Å². The average Bonchev–Trinajstić information content (AvgIpc) is 2.45. The summed E-state index contributed by atoms with van der Waals surface area (Å²) in [6, 6.07) is 5.70. The van der Waals surface area contributed by atoms with Gasteiger partial charge in [0.1, 0.15) is 0 Å². The minimum absolute atomic E-state index is 0.149. The molecule has 106 valence electrons. The summed E-state index contributed by atoms with van der Waals surface area (Å²) in [6.45, 7) is 5.97. The van der Waals surface area contributed by atoms with Crippen molar-refractivity contribution in [3.63, 3.8) is 0 Å². The van der Waals surface area contributed by atoms with Crippen LogP contribution in [0.25, 0.3) is 0 Å². The van der Waals surface area contributed by atoms with Crippen molar-refractivity contribution in [2.24, 2.45) is 0 Å². The van der Waals surface area contributed by atoms with E-state index in [1.807, 2.05) is 39.0 Å². The molecule has 2 rings (SSSR count). The normalized spacial score (nSPS) is 9.35. The maximum absolute atomic E-state index is 7.36. The molecule has 0 bridgehead atoms. The quantitative estimate of drug-likeness (QED) is 0.641. The maximum Gasteiger partial charge on any atom is 0.222 e. The molecular weight excluding hydrogens is 252 g/mol. The Kier molecular flexibility index (Phi) is 5.46. The molecule has 6 N–H and O–H groups in total. The maximum atomic E-state index is 7.36. The average molecular weight is 272 g/mol. The van der Waals surface area contributed by atoms with Gasteiger partial charge in [-0.3, -0.25) is 0 Å². The summed E-state index contributed by atoms with van der Waals surface area (Å²) in [5.41, 5.74) is 14.3. The lowest BCUT2D eigenvalue weighted by Crippen LogP contribution is -2.05. The van der Waals surface area contributed by atoms with E-state index in [0.29, 0.717) is 11.5 Å². The number of nitrogens with zero attached hydrogens (tertiary/aromatic N) is 2. The van der Waals surface area contributed by atoms with E-state index in [4.69, 9.17) is 16.9 Å². The number of benzene rings is 1. The molecule has 0 aliphatic heterocycles. The number of nitrogen functional groups attached to an aromatic ring is 2. The van der Waals surface area contributed by atoms with Crippen LogP contribution in [0, 0.1) is 12.3 Å². The number of nitrogens with one attached hydrogen (secondary N) is 2. The van der Waals surface area contributed by atoms with Gasteiger partial charge in [-0.05, 0) is 18.6 Å². The van der Waals surface area contributed by atoms with Crippen molar-refractivity contribution >= 4 is 29.4 Å². The van der Waals surface area contributed by atoms with Crippen LogP contribution in [0.3, 0.4) is 0 Å². The highest BCUT2D eigenvalue weighted by molar-refractivity contribution is 5.88. The highest BCUT2D eigenvalue weighted by Gasteiger charge is 2.06. The van der Waals surface area contributed by atoms with E-state index in [1.165, 1.54) is 12.4 Å². The summed E-state index contributed by atoms with van der Waals surface area (Å²) in [5.74, 6) is 0.590. The second kappa shape index (κ2) is 7.08. The minimum Gasteiger partial charge on any atom is -0.394 e. The molecule has 6 nitrogen and oxygen atoms in total. The number of nitrogens with two attached hydrogens (primary N) is 2. The summed E-state index contributed by atoms with van der Waals surface area (Å²) in [4.78, 5) is 7.83. The van der Waals surface area contributed by atoms with Crippen molar-refractivity contribution in [3.8, 4) is 0 Å². The molecule has 2 aromatic rings. The fraction of sp³-hybridized carbons (Fsp3) is 0.214. The first-order valence-electron chi connectivity index (χ1n) is 6.36. The van der Waals surface area contributed by atoms with Gasteiger partial charge in [-0.2, -0.15) is 4.98 Å². The van der Waals surface area contributed by atoms with Crippen LogP contribution < -0.4 is 16.8 Å². The van der Waals surface area contributed by atoms with Crippen LogP contribution in [-0.2, 0) is 0 Å². The third kappa shape index (κ3) is 3.68. The van der Waals surface area contributed by atoms with Gasteiger partial charge >= 0.3 is 0 Å². The second-order valence-corrected chi connectivity index (χ2v) is 3.89. The number of rotatable bonds is 3. The predicted molar refractivity (Wildman–Crippen MR) is 84.6 cm³/mol. The van der Waals surface area contributed by atoms with Crippen LogP contribution in [-0.4, -0.2) is 16.2 Å². The lowest BCUT2D eigenvalue weighted by Gasteiger charge is -2.11. The van der Waals surface area contributed by atoms with Crippen LogP contribution in [0.2, 0.25) is 0 Å². The topological polar surface area (TPSA) is 114 Å². The van der Waals surface area contributed by atoms with Gasteiger partial charge in [-0.15, -0.1) is 0 Å². The second-order valence-electron chi connectivity index (χ2n) is 3.89. The van der Waals surface area contributed by atoms with Crippen LogP contribution in [0.15, 0.2) is 24.4 Å². The van der Waals surface area contributed by atoms with E-state index in [-0.39, 0.29) is 5.95 Å². The molecule has 0 aliphatic rings. The number of anilines is 4. The first kappa shape index (κ1) is 15.4. The van der Waals surface area contributed by atoms with Crippen molar-refractivity contribution in [1.82, 2.24) is 9.97 Å². The third-order valence-corrected chi connectivity index (χ3v) is 2.45. The smallest absolute Gasteiger partial charge is 0.222 e. The molecule has 0 saturated carbocycles. The Hall–Kier alpha value is -2.63. The summed E-state index contributed by atoms with van der Waals surface area (Å²) in [6.07, 6.45) is 2.72. The Morgan fingerprint density at radius 1 is 1.25 bits per heavy atom. The zero-order valence-electron chi connectivity index (χ0n) is 11.9. The van der Waals surface area contributed by atoms with Gasteiger partial charge < -0.3 is 22.2 Å². The first-order valence-corrected chi connectivity index (χ1v) is 6.36. The lowest BCUT2D eigenvalue weighted by atomic mass is 10.1. The molecule has 0 amide bonds. The fourth-order valence-corrected chi connectivity index (χ4v) is 1.54. The number of hydrogen-bond acceptors (Lipinski definition) is 6. The molecule has 0 saturated heterocycles. The third-order valence-electron chi connectivity index (χ3n) is 2.45. The summed E-state index contributed by atoms with van der Waals surface area (Å²) in [7, 11) is 0. The van der Waals surface area contributed by atoms with E-state index in [0.717, 1.165) is 16.8 Å². The molecule has 1 aromatic carbocycles. The minimum atomic E-state index is 0.149. The highest BCUT2D eigenvalue weighted by Crippen LogP contribution is 2.23. The molecule has 0 aliphatic carbocycles. The number of aromatic nitrogens is 2. The highest BCUT2D eigenvalue weighted by atomic mass is 15.1. The fourth-order valence-electron chi connectivity index (χ4n) is 1.54. The van der Waals surface area contributed by atoms with Crippen LogP contribution in [0.4, 0.5) is 23.1 Å².